The van der Waals surface area contributed by atoms with E-state index in [-0.39, 0.29) is 11.9 Å². The molecule has 0 aliphatic carbocycles. The molecule has 0 heterocycles. The van der Waals surface area contributed by atoms with Crippen LogP contribution < -0.4 is 11.1 Å². The van der Waals surface area contributed by atoms with Crippen LogP contribution in [0.2, 0.25) is 0 Å². The van der Waals surface area contributed by atoms with Crippen LogP contribution in [0, 0.1) is 0 Å². The molecule has 3 N–H and O–H groups in total. The molecule has 0 saturated heterocycles. The Morgan fingerprint density at radius 1 is 1.44 bits per heavy atom. The molecule has 0 spiro atoms. The van der Waals surface area contributed by atoms with E-state index in [0.29, 0.717) is 6.04 Å². The van der Waals surface area contributed by atoms with Crippen LogP contribution in [0.15, 0.2) is 0 Å². The second kappa shape index (κ2) is 3.45. The van der Waals surface area contributed by atoms with Crippen molar-refractivity contribution in [1.82, 2.24) is 5.32 Å². The number of nitrogens with one attached hydrogen (secondary N) is 1. The van der Waals surface area contributed by atoms with Gasteiger partial charge in [-0.25, -0.2) is 0 Å². The van der Waals surface area contributed by atoms with Gasteiger partial charge in [-0.2, -0.15) is 0 Å². The summed E-state index contributed by atoms with van der Waals surface area (Å²) in [7, 11) is 0. The average molecular weight is 130 g/mol. The molecule has 0 saturated carbocycles. The number of hydrogen-bond acceptors (Lipinski definition) is 2. The van der Waals surface area contributed by atoms with Gasteiger partial charge in [-0.15, -0.1) is 0 Å². The van der Waals surface area contributed by atoms with E-state index in [1.807, 2.05) is 13.8 Å². The van der Waals surface area contributed by atoms with E-state index in [2.05, 4.69) is 5.32 Å². The SMILES string of the molecule is CC(C)N[C@H](C)C(N)=O. The normalized spacial score (nSPS) is 13.8. The second-order valence-electron chi connectivity index (χ2n) is 2.45. The maximum Gasteiger partial charge on any atom is 0.234 e. The van der Waals surface area contributed by atoms with Crippen molar-refractivity contribution in [3.8, 4) is 0 Å². The lowest BCUT2D eigenvalue weighted by atomic mass is 10.3. The maximum atomic E-state index is 10.4. The van der Waals surface area contributed by atoms with Crippen molar-refractivity contribution < 1.29 is 4.79 Å². The third-order valence-corrected chi connectivity index (χ3v) is 1.01. The molecule has 0 bridgehead atoms. The highest BCUT2D eigenvalue weighted by Gasteiger charge is 2.07. The number of hydrogen-bond donors (Lipinski definition) is 2. The van der Waals surface area contributed by atoms with Crippen molar-refractivity contribution in [2.45, 2.75) is 32.9 Å². The molecule has 0 aromatic heterocycles. The van der Waals surface area contributed by atoms with Crippen LogP contribution in [0.25, 0.3) is 0 Å². The topological polar surface area (TPSA) is 55.1 Å². The van der Waals surface area contributed by atoms with Gasteiger partial charge in [0.2, 0.25) is 5.91 Å². The van der Waals surface area contributed by atoms with Gasteiger partial charge in [0.25, 0.3) is 0 Å². The molecule has 1 amide bonds. The van der Waals surface area contributed by atoms with E-state index in [1.165, 1.54) is 0 Å². The average Bonchev–Trinajstić information content (AvgIpc) is 1.63. The van der Waals surface area contributed by atoms with Gasteiger partial charge >= 0.3 is 0 Å². The summed E-state index contributed by atoms with van der Waals surface area (Å²) in [5.41, 5.74) is 4.98. The van der Waals surface area contributed by atoms with E-state index in [1.54, 1.807) is 6.92 Å². The predicted molar refractivity (Wildman–Crippen MR) is 36.9 cm³/mol. The minimum atomic E-state index is -0.302. The molecule has 54 valence electrons. The van der Waals surface area contributed by atoms with E-state index < -0.39 is 0 Å². The van der Waals surface area contributed by atoms with Gasteiger partial charge in [-0.3, -0.25) is 4.79 Å². The molecule has 0 aliphatic rings. The Bertz CT molecular complexity index is 101. The van der Waals surface area contributed by atoms with E-state index in [0.717, 1.165) is 0 Å². The summed E-state index contributed by atoms with van der Waals surface area (Å²) >= 11 is 0. The Labute approximate surface area is 55.6 Å². The highest BCUT2D eigenvalue weighted by Crippen LogP contribution is 1.82. The van der Waals surface area contributed by atoms with E-state index in [4.69, 9.17) is 5.73 Å². The van der Waals surface area contributed by atoms with Gasteiger partial charge < -0.3 is 11.1 Å². The Morgan fingerprint density at radius 3 is 2.00 bits per heavy atom. The number of primary amides is 1. The molecule has 0 rings (SSSR count). The first-order valence-electron chi connectivity index (χ1n) is 3.09. The standard InChI is InChI=1S/C6H14N2O/c1-4(2)8-5(3)6(7)9/h4-5,8H,1-3H3,(H2,7,9)/t5-/m1/s1. The van der Waals surface area contributed by atoms with Crippen LogP contribution in [0.3, 0.4) is 0 Å². The fourth-order valence-electron chi connectivity index (χ4n) is 0.582. The van der Waals surface area contributed by atoms with Crippen molar-refractivity contribution in [3.05, 3.63) is 0 Å². The lowest BCUT2D eigenvalue weighted by Gasteiger charge is -2.12. The first kappa shape index (κ1) is 8.43. The number of rotatable bonds is 3. The summed E-state index contributed by atoms with van der Waals surface area (Å²) in [6.07, 6.45) is 0. The fraction of sp³-hybridized carbons (Fsp3) is 0.833. The van der Waals surface area contributed by atoms with Crippen molar-refractivity contribution in [2.75, 3.05) is 0 Å². The Kier molecular flexibility index (Phi) is 3.24. The van der Waals surface area contributed by atoms with Crippen molar-refractivity contribution in [3.63, 3.8) is 0 Å². The fourth-order valence-corrected chi connectivity index (χ4v) is 0.582. The largest absolute Gasteiger partial charge is 0.368 e. The van der Waals surface area contributed by atoms with Gasteiger partial charge in [0.1, 0.15) is 0 Å². The summed E-state index contributed by atoms with van der Waals surface area (Å²) in [5, 5.41) is 2.97. The van der Waals surface area contributed by atoms with Gasteiger partial charge in [-0.1, -0.05) is 13.8 Å². The summed E-state index contributed by atoms with van der Waals surface area (Å²) < 4.78 is 0. The monoisotopic (exact) mass is 130 g/mol. The molecule has 3 heteroatoms. The Balaban J connectivity index is 3.50. The molecule has 0 aromatic rings. The number of amides is 1. The van der Waals surface area contributed by atoms with Crippen LogP contribution in [0.5, 0.6) is 0 Å². The first-order valence-corrected chi connectivity index (χ1v) is 3.09. The molecular formula is C6H14N2O. The summed E-state index contributed by atoms with van der Waals surface area (Å²) in [4.78, 5) is 10.4. The zero-order chi connectivity index (χ0) is 7.44. The highest BCUT2D eigenvalue weighted by atomic mass is 16.1. The van der Waals surface area contributed by atoms with Gasteiger partial charge in [0.15, 0.2) is 0 Å². The molecule has 0 radical (unpaired) electrons. The van der Waals surface area contributed by atoms with Gasteiger partial charge in [0.05, 0.1) is 6.04 Å². The minimum Gasteiger partial charge on any atom is -0.368 e. The molecule has 0 aromatic carbocycles. The molecule has 3 nitrogen and oxygen atoms in total. The minimum absolute atomic E-state index is 0.218. The summed E-state index contributed by atoms with van der Waals surface area (Å²) in [6, 6.07) is 0.0949. The zero-order valence-corrected chi connectivity index (χ0v) is 6.14. The maximum absolute atomic E-state index is 10.4. The third-order valence-electron chi connectivity index (χ3n) is 1.01. The predicted octanol–water partition coefficient (Wildman–Crippen LogP) is -0.142. The van der Waals surface area contributed by atoms with E-state index >= 15 is 0 Å². The molecule has 1 atom stereocenters. The van der Waals surface area contributed by atoms with Crippen molar-refractivity contribution >= 4 is 5.91 Å². The highest BCUT2D eigenvalue weighted by molar-refractivity contribution is 5.79. The van der Waals surface area contributed by atoms with Crippen LogP contribution >= 0.6 is 0 Å². The Hall–Kier alpha value is -0.570. The third kappa shape index (κ3) is 3.97. The molecule has 0 unspecified atom stereocenters. The quantitative estimate of drug-likeness (QED) is 0.558. The number of carbonyl (C=O) groups excluding carboxylic acids is 1. The van der Waals surface area contributed by atoms with Crippen LogP contribution in [0.4, 0.5) is 0 Å². The van der Waals surface area contributed by atoms with Gasteiger partial charge in [-0.05, 0) is 6.92 Å². The molecular weight excluding hydrogens is 116 g/mol. The molecule has 9 heavy (non-hydrogen) atoms. The molecule has 0 aliphatic heterocycles. The lowest BCUT2D eigenvalue weighted by Crippen LogP contribution is -2.42. The smallest absolute Gasteiger partial charge is 0.234 e. The molecule has 0 fully saturated rings. The first-order chi connectivity index (χ1) is 4.04. The van der Waals surface area contributed by atoms with Crippen LogP contribution in [-0.4, -0.2) is 18.0 Å². The summed E-state index contributed by atoms with van der Waals surface area (Å²) in [6.45, 7) is 5.70. The van der Waals surface area contributed by atoms with Crippen molar-refractivity contribution in [1.29, 1.82) is 0 Å². The van der Waals surface area contributed by atoms with Crippen LogP contribution in [0.1, 0.15) is 20.8 Å². The number of carbonyl (C=O) groups is 1. The van der Waals surface area contributed by atoms with Crippen LogP contribution in [-0.2, 0) is 4.79 Å². The van der Waals surface area contributed by atoms with Crippen molar-refractivity contribution in [2.24, 2.45) is 5.73 Å². The lowest BCUT2D eigenvalue weighted by molar-refractivity contribution is -0.119. The number of nitrogens with two attached hydrogens (primary N) is 1. The van der Waals surface area contributed by atoms with Gasteiger partial charge in [0, 0.05) is 6.04 Å². The second-order valence-corrected chi connectivity index (χ2v) is 2.45. The summed E-state index contributed by atoms with van der Waals surface area (Å²) in [5.74, 6) is -0.302. The zero-order valence-electron chi connectivity index (χ0n) is 6.14. The van der Waals surface area contributed by atoms with E-state index in [9.17, 15) is 4.79 Å². The Morgan fingerprint density at radius 2 is 1.89 bits per heavy atom.